The van der Waals surface area contributed by atoms with E-state index in [9.17, 15) is 4.79 Å². The van der Waals surface area contributed by atoms with Crippen LogP contribution in [0.25, 0.3) is 0 Å². The molecule has 1 spiro atoms. The van der Waals surface area contributed by atoms with E-state index >= 15 is 0 Å². The number of hydrogen-bond acceptors (Lipinski definition) is 2. The molecule has 0 saturated heterocycles. The van der Waals surface area contributed by atoms with Crippen LogP contribution in [0, 0.1) is 28.6 Å². The Balaban J connectivity index is 1.84. The number of carbonyl (C=O) groups is 1. The molecule has 0 unspecified atom stereocenters. The van der Waals surface area contributed by atoms with Crippen LogP contribution in [0.2, 0.25) is 0 Å². The summed E-state index contributed by atoms with van der Waals surface area (Å²) in [4.78, 5) is 10.5. The highest BCUT2D eigenvalue weighted by atomic mass is 16.4. The molecule has 0 radical (unpaired) electrons. The second kappa shape index (κ2) is 2.22. The van der Waals surface area contributed by atoms with E-state index in [2.05, 4.69) is 6.07 Å². The van der Waals surface area contributed by atoms with Gasteiger partial charge in [0.15, 0.2) is 0 Å². The molecule has 2 saturated carbocycles. The van der Waals surface area contributed by atoms with Gasteiger partial charge in [-0.15, -0.1) is 0 Å². The minimum absolute atomic E-state index is 0.121. The van der Waals surface area contributed by atoms with Crippen molar-refractivity contribution in [3.8, 4) is 6.07 Å². The molecular formula is C9H11NO2. The summed E-state index contributed by atoms with van der Waals surface area (Å²) in [6.07, 6.45) is 3.49. The van der Waals surface area contributed by atoms with Crippen LogP contribution in [0.15, 0.2) is 0 Å². The molecule has 0 atom stereocenters. The maximum atomic E-state index is 10.5. The van der Waals surface area contributed by atoms with E-state index < -0.39 is 5.97 Å². The van der Waals surface area contributed by atoms with E-state index in [1.54, 1.807) is 0 Å². The first-order valence-electron chi connectivity index (χ1n) is 4.28. The summed E-state index contributed by atoms with van der Waals surface area (Å²) in [5.41, 5.74) is 0.267. The predicted molar refractivity (Wildman–Crippen MR) is 41.1 cm³/mol. The zero-order valence-corrected chi connectivity index (χ0v) is 6.79. The molecule has 2 aliphatic rings. The molecule has 3 heteroatoms. The molecule has 0 aromatic carbocycles. The fourth-order valence-electron chi connectivity index (χ4n) is 2.57. The standard InChI is InChI=1S/C9H11NO2/c10-5-6-1-9(2-6)3-7(4-9)8(11)12/h6-7H,1-4H2,(H,11,12). The number of rotatable bonds is 1. The molecule has 3 nitrogen and oxygen atoms in total. The second-order valence-corrected chi connectivity index (χ2v) is 4.18. The largest absolute Gasteiger partial charge is 0.481 e. The Bertz CT molecular complexity index is 252. The summed E-state index contributed by atoms with van der Waals surface area (Å²) < 4.78 is 0. The Labute approximate surface area is 71.0 Å². The number of carboxylic acids is 1. The van der Waals surface area contributed by atoms with Crippen LogP contribution in [0.1, 0.15) is 25.7 Å². The Kier molecular flexibility index (Phi) is 1.41. The smallest absolute Gasteiger partial charge is 0.306 e. The number of nitrogens with zero attached hydrogens (tertiary/aromatic N) is 1. The summed E-state index contributed by atoms with van der Waals surface area (Å²) in [6, 6.07) is 2.22. The average molecular weight is 165 g/mol. The van der Waals surface area contributed by atoms with Gasteiger partial charge in [0.2, 0.25) is 0 Å². The van der Waals surface area contributed by atoms with Gasteiger partial charge in [0, 0.05) is 5.92 Å². The Morgan fingerprint density at radius 2 is 2.00 bits per heavy atom. The van der Waals surface area contributed by atoms with Gasteiger partial charge >= 0.3 is 5.97 Å². The summed E-state index contributed by atoms with van der Waals surface area (Å²) in [5.74, 6) is -0.578. The molecule has 0 aromatic heterocycles. The third-order valence-electron chi connectivity index (χ3n) is 3.25. The fraction of sp³-hybridized carbons (Fsp3) is 0.778. The van der Waals surface area contributed by atoms with E-state index in [0.29, 0.717) is 0 Å². The molecular weight excluding hydrogens is 154 g/mol. The highest BCUT2D eigenvalue weighted by Gasteiger charge is 2.54. The summed E-state index contributed by atoms with van der Waals surface area (Å²) >= 11 is 0. The molecule has 0 heterocycles. The molecule has 0 aliphatic heterocycles. The molecule has 2 aliphatic carbocycles. The van der Waals surface area contributed by atoms with Crippen molar-refractivity contribution in [2.75, 3.05) is 0 Å². The van der Waals surface area contributed by atoms with Crippen molar-refractivity contribution in [3.63, 3.8) is 0 Å². The third kappa shape index (κ3) is 0.911. The lowest BCUT2D eigenvalue weighted by atomic mass is 9.48. The Morgan fingerprint density at radius 1 is 1.42 bits per heavy atom. The van der Waals surface area contributed by atoms with Crippen molar-refractivity contribution in [2.24, 2.45) is 17.3 Å². The second-order valence-electron chi connectivity index (χ2n) is 4.18. The molecule has 12 heavy (non-hydrogen) atoms. The Morgan fingerprint density at radius 3 is 2.42 bits per heavy atom. The van der Waals surface area contributed by atoms with Gasteiger partial charge in [-0.2, -0.15) is 5.26 Å². The zero-order valence-electron chi connectivity index (χ0n) is 6.79. The van der Waals surface area contributed by atoms with Crippen molar-refractivity contribution >= 4 is 5.97 Å². The van der Waals surface area contributed by atoms with Gasteiger partial charge in [0.25, 0.3) is 0 Å². The van der Waals surface area contributed by atoms with Gasteiger partial charge in [0.05, 0.1) is 12.0 Å². The Hall–Kier alpha value is -1.04. The fourth-order valence-corrected chi connectivity index (χ4v) is 2.57. The molecule has 1 N–H and O–H groups in total. The number of aliphatic carboxylic acids is 1. The first-order valence-corrected chi connectivity index (χ1v) is 4.28. The van der Waals surface area contributed by atoms with E-state index in [-0.39, 0.29) is 17.3 Å². The quantitative estimate of drug-likeness (QED) is 0.638. The van der Waals surface area contributed by atoms with Gasteiger partial charge in [-0.05, 0) is 31.1 Å². The minimum atomic E-state index is -0.666. The maximum absolute atomic E-state index is 10.5. The average Bonchev–Trinajstić information content (AvgIpc) is 1.81. The summed E-state index contributed by atoms with van der Waals surface area (Å²) in [6.45, 7) is 0. The van der Waals surface area contributed by atoms with Crippen LogP contribution in [0.5, 0.6) is 0 Å². The number of carboxylic acid groups (broad SMARTS) is 1. The van der Waals surface area contributed by atoms with Crippen molar-refractivity contribution in [3.05, 3.63) is 0 Å². The molecule has 0 bridgehead atoms. The van der Waals surface area contributed by atoms with Crippen molar-refractivity contribution < 1.29 is 9.90 Å². The van der Waals surface area contributed by atoms with Crippen molar-refractivity contribution in [1.29, 1.82) is 5.26 Å². The molecule has 0 aromatic rings. The van der Waals surface area contributed by atoms with Crippen LogP contribution in [0.4, 0.5) is 0 Å². The topological polar surface area (TPSA) is 61.1 Å². The van der Waals surface area contributed by atoms with Crippen LogP contribution in [-0.4, -0.2) is 11.1 Å². The van der Waals surface area contributed by atoms with Crippen molar-refractivity contribution in [2.45, 2.75) is 25.7 Å². The van der Waals surface area contributed by atoms with Gasteiger partial charge in [-0.25, -0.2) is 0 Å². The maximum Gasteiger partial charge on any atom is 0.306 e. The molecule has 2 fully saturated rings. The number of nitriles is 1. The van der Waals surface area contributed by atoms with Gasteiger partial charge in [0.1, 0.15) is 0 Å². The van der Waals surface area contributed by atoms with Crippen LogP contribution >= 0.6 is 0 Å². The number of hydrogen-bond donors (Lipinski definition) is 1. The lowest BCUT2D eigenvalue weighted by Gasteiger charge is -2.54. The zero-order chi connectivity index (χ0) is 8.77. The molecule has 64 valence electrons. The monoisotopic (exact) mass is 165 g/mol. The molecule has 0 amide bonds. The summed E-state index contributed by atoms with van der Waals surface area (Å²) in [7, 11) is 0. The normalized spacial score (nSPS) is 44.2. The third-order valence-corrected chi connectivity index (χ3v) is 3.25. The van der Waals surface area contributed by atoms with E-state index in [4.69, 9.17) is 10.4 Å². The lowest BCUT2D eigenvalue weighted by molar-refractivity contribution is -0.156. The van der Waals surface area contributed by atoms with Gasteiger partial charge < -0.3 is 5.11 Å². The predicted octanol–water partition coefficient (Wildman–Crippen LogP) is 1.40. The first-order chi connectivity index (χ1) is 5.65. The van der Waals surface area contributed by atoms with E-state index in [1.807, 2.05) is 0 Å². The van der Waals surface area contributed by atoms with Crippen LogP contribution in [-0.2, 0) is 4.79 Å². The first kappa shape index (κ1) is 7.60. The SMILES string of the molecule is N#CC1CC2(C1)CC(C(=O)O)C2. The van der Waals surface area contributed by atoms with Crippen LogP contribution in [0.3, 0.4) is 0 Å². The van der Waals surface area contributed by atoms with Gasteiger partial charge in [-0.3, -0.25) is 4.79 Å². The van der Waals surface area contributed by atoms with E-state index in [1.165, 1.54) is 0 Å². The summed E-state index contributed by atoms with van der Waals surface area (Å²) in [5, 5.41) is 17.2. The lowest BCUT2D eigenvalue weighted by Crippen LogP contribution is -2.49. The van der Waals surface area contributed by atoms with Gasteiger partial charge in [-0.1, -0.05) is 0 Å². The molecule has 2 rings (SSSR count). The van der Waals surface area contributed by atoms with E-state index in [0.717, 1.165) is 25.7 Å². The van der Waals surface area contributed by atoms with Crippen molar-refractivity contribution in [1.82, 2.24) is 0 Å². The highest BCUT2D eigenvalue weighted by Crippen LogP contribution is 2.60. The highest BCUT2D eigenvalue weighted by molar-refractivity contribution is 5.71. The van der Waals surface area contributed by atoms with Crippen LogP contribution < -0.4 is 0 Å². The minimum Gasteiger partial charge on any atom is -0.481 e.